The third-order valence-electron chi connectivity index (χ3n) is 2.70. The minimum Gasteiger partial charge on any atom is -0.497 e. The smallest absolute Gasteiger partial charge is 0.309 e. The Kier molecular flexibility index (Phi) is 5.97. The first-order valence-electron chi connectivity index (χ1n) is 6.06. The first-order chi connectivity index (χ1) is 9.38. The highest BCUT2D eigenvalue weighted by atomic mass is 32.2. The zero-order valence-electron chi connectivity index (χ0n) is 11.8. The molecule has 0 bridgehead atoms. The molecule has 1 atom stereocenters. The Morgan fingerprint density at radius 1 is 1.35 bits per heavy atom. The number of hydrogen-bond donors (Lipinski definition) is 1. The van der Waals surface area contributed by atoms with Crippen molar-refractivity contribution in [1.82, 2.24) is 4.72 Å². The minimum absolute atomic E-state index is 0.146. The molecular weight excluding hydrogens is 282 g/mol. The van der Waals surface area contributed by atoms with E-state index in [0.29, 0.717) is 5.75 Å². The zero-order valence-corrected chi connectivity index (χ0v) is 12.6. The standard InChI is InChI=1S/C13H19NO5S/c1-10(13(15)19-3)9-20(16,17)14-8-11-5-4-6-12(7-11)18-2/h4-7,10,14H,8-9H2,1-3H3/t10-/m0/s1. The summed E-state index contributed by atoms with van der Waals surface area (Å²) in [4.78, 5) is 11.2. The molecule has 0 aromatic heterocycles. The molecule has 0 amide bonds. The van der Waals surface area contributed by atoms with Crippen molar-refractivity contribution in [3.63, 3.8) is 0 Å². The van der Waals surface area contributed by atoms with Gasteiger partial charge in [0, 0.05) is 6.54 Å². The molecule has 0 aliphatic rings. The number of ether oxygens (including phenoxy) is 2. The lowest BCUT2D eigenvalue weighted by Gasteiger charge is -2.11. The third-order valence-corrected chi connectivity index (χ3v) is 4.23. The molecule has 0 heterocycles. The van der Waals surface area contributed by atoms with Gasteiger partial charge >= 0.3 is 5.97 Å². The van der Waals surface area contributed by atoms with Crippen molar-refractivity contribution in [2.24, 2.45) is 5.92 Å². The lowest BCUT2D eigenvalue weighted by atomic mass is 10.2. The maximum absolute atomic E-state index is 11.8. The number of hydrogen-bond acceptors (Lipinski definition) is 5. The molecule has 0 saturated heterocycles. The number of rotatable bonds is 7. The van der Waals surface area contributed by atoms with E-state index in [1.807, 2.05) is 0 Å². The maximum atomic E-state index is 11.8. The van der Waals surface area contributed by atoms with E-state index in [9.17, 15) is 13.2 Å². The van der Waals surface area contributed by atoms with Crippen molar-refractivity contribution in [2.45, 2.75) is 13.5 Å². The summed E-state index contributed by atoms with van der Waals surface area (Å²) < 4.78 is 35.7. The summed E-state index contributed by atoms with van der Waals surface area (Å²) in [7, 11) is -0.771. The quantitative estimate of drug-likeness (QED) is 0.757. The van der Waals surface area contributed by atoms with Gasteiger partial charge in [0.2, 0.25) is 10.0 Å². The zero-order chi connectivity index (χ0) is 15.2. The number of methoxy groups -OCH3 is 2. The number of carbonyl (C=O) groups excluding carboxylic acids is 1. The SMILES string of the molecule is COC(=O)[C@@H](C)CS(=O)(=O)NCc1cccc(OC)c1. The van der Waals surface area contributed by atoms with Crippen LogP contribution in [-0.4, -0.2) is 34.4 Å². The van der Waals surface area contributed by atoms with E-state index in [4.69, 9.17) is 4.74 Å². The highest BCUT2D eigenvalue weighted by molar-refractivity contribution is 7.89. The molecule has 0 unspecified atom stereocenters. The van der Waals surface area contributed by atoms with Gasteiger partial charge in [-0.1, -0.05) is 19.1 Å². The second-order valence-corrected chi connectivity index (χ2v) is 6.23. The van der Waals surface area contributed by atoms with E-state index in [1.165, 1.54) is 14.0 Å². The predicted molar refractivity (Wildman–Crippen MR) is 74.8 cm³/mol. The fourth-order valence-electron chi connectivity index (χ4n) is 1.63. The Bertz CT molecular complexity index is 556. The summed E-state index contributed by atoms with van der Waals surface area (Å²) in [6.45, 7) is 1.66. The van der Waals surface area contributed by atoms with Gasteiger partial charge in [0.1, 0.15) is 5.75 Å². The molecule has 0 aliphatic carbocycles. The summed E-state index contributed by atoms with van der Waals surface area (Å²) in [5.41, 5.74) is 0.777. The highest BCUT2D eigenvalue weighted by Crippen LogP contribution is 2.12. The number of benzene rings is 1. The van der Waals surface area contributed by atoms with Crippen molar-refractivity contribution in [2.75, 3.05) is 20.0 Å². The van der Waals surface area contributed by atoms with Crippen LogP contribution in [0.15, 0.2) is 24.3 Å². The largest absolute Gasteiger partial charge is 0.497 e. The molecule has 1 aromatic carbocycles. The summed E-state index contributed by atoms with van der Waals surface area (Å²) in [6, 6.07) is 7.08. The molecule has 20 heavy (non-hydrogen) atoms. The average molecular weight is 301 g/mol. The van der Waals surface area contributed by atoms with E-state index < -0.39 is 21.9 Å². The molecule has 1 aromatic rings. The van der Waals surface area contributed by atoms with Crippen LogP contribution in [0.25, 0.3) is 0 Å². The Balaban J connectivity index is 2.61. The molecule has 1 rings (SSSR count). The maximum Gasteiger partial charge on any atom is 0.309 e. The number of sulfonamides is 1. The molecule has 7 heteroatoms. The van der Waals surface area contributed by atoms with Gasteiger partial charge in [0.15, 0.2) is 0 Å². The van der Waals surface area contributed by atoms with Gasteiger partial charge in [-0.05, 0) is 17.7 Å². The van der Waals surface area contributed by atoms with Crippen molar-refractivity contribution in [3.8, 4) is 5.75 Å². The van der Waals surface area contributed by atoms with Crippen LogP contribution in [0.1, 0.15) is 12.5 Å². The Hall–Kier alpha value is -1.60. The van der Waals surface area contributed by atoms with E-state index in [1.54, 1.807) is 31.4 Å². The average Bonchev–Trinajstić information content (AvgIpc) is 2.44. The van der Waals surface area contributed by atoms with Gasteiger partial charge in [-0.25, -0.2) is 13.1 Å². The fraction of sp³-hybridized carbons (Fsp3) is 0.462. The van der Waals surface area contributed by atoms with Gasteiger partial charge in [0.05, 0.1) is 25.9 Å². The second kappa shape index (κ2) is 7.25. The van der Waals surface area contributed by atoms with Crippen LogP contribution in [-0.2, 0) is 26.1 Å². The van der Waals surface area contributed by atoms with Gasteiger partial charge in [-0.2, -0.15) is 0 Å². The topological polar surface area (TPSA) is 81.7 Å². The predicted octanol–water partition coefficient (Wildman–Crippen LogP) is 0.924. The molecule has 6 nitrogen and oxygen atoms in total. The summed E-state index contributed by atoms with van der Waals surface area (Å²) in [5, 5.41) is 0. The van der Waals surface area contributed by atoms with E-state index >= 15 is 0 Å². The molecule has 1 N–H and O–H groups in total. The van der Waals surface area contributed by atoms with Crippen LogP contribution < -0.4 is 9.46 Å². The lowest BCUT2D eigenvalue weighted by molar-refractivity contribution is -0.144. The van der Waals surface area contributed by atoms with E-state index in [2.05, 4.69) is 9.46 Å². The normalized spacial score (nSPS) is 12.8. The van der Waals surface area contributed by atoms with Crippen molar-refractivity contribution < 1.29 is 22.7 Å². The Labute approximate surface area is 119 Å². The third kappa shape index (κ3) is 5.18. The summed E-state index contributed by atoms with van der Waals surface area (Å²) in [6.07, 6.45) is 0. The Morgan fingerprint density at radius 3 is 2.65 bits per heavy atom. The molecule has 112 valence electrons. The molecule has 0 radical (unpaired) electrons. The van der Waals surface area contributed by atoms with E-state index in [0.717, 1.165) is 5.56 Å². The van der Waals surface area contributed by atoms with Crippen LogP contribution in [0.3, 0.4) is 0 Å². The molecule has 0 spiro atoms. The van der Waals surface area contributed by atoms with Crippen molar-refractivity contribution in [3.05, 3.63) is 29.8 Å². The Morgan fingerprint density at radius 2 is 2.05 bits per heavy atom. The number of esters is 1. The van der Waals surface area contributed by atoms with Crippen LogP contribution in [0, 0.1) is 5.92 Å². The fourth-order valence-corrected chi connectivity index (χ4v) is 2.93. The highest BCUT2D eigenvalue weighted by Gasteiger charge is 2.21. The monoisotopic (exact) mass is 301 g/mol. The summed E-state index contributed by atoms with van der Waals surface area (Å²) in [5.74, 6) is -0.895. The van der Waals surface area contributed by atoms with Gasteiger partial charge < -0.3 is 9.47 Å². The molecular formula is C13H19NO5S. The van der Waals surface area contributed by atoms with Crippen LogP contribution in [0.4, 0.5) is 0 Å². The van der Waals surface area contributed by atoms with Crippen LogP contribution >= 0.6 is 0 Å². The first-order valence-corrected chi connectivity index (χ1v) is 7.71. The van der Waals surface area contributed by atoms with Gasteiger partial charge in [0.25, 0.3) is 0 Å². The molecule has 0 aliphatic heterocycles. The summed E-state index contributed by atoms with van der Waals surface area (Å²) >= 11 is 0. The van der Waals surface area contributed by atoms with Crippen LogP contribution in [0.5, 0.6) is 5.75 Å². The second-order valence-electron chi connectivity index (χ2n) is 4.38. The van der Waals surface area contributed by atoms with Crippen molar-refractivity contribution in [1.29, 1.82) is 0 Å². The van der Waals surface area contributed by atoms with E-state index in [-0.39, 0.29) is 12.3 Å². The number of carbonyl (C=O) groups is 1. The molecule has 0 fully saturated rings. The minimum atomic E-state index is -3.55. The molecule has 0 saturated carbocycles. The van der Waals surface area contributed by atoms with Crippen molar-refractivity contribution >= 4 is 16.0 Å². The number of nitrogens with one attached hydrogen (secondary N) is 1. The van der Waals surface area contributed by atoms with Crippen LogP contribution in [0.2, 0.25) is 0 Å². The lowest BCUT2D eigenvalue weighted by Crippen LogP contribution is -2.31. The van der Waals surface area contributed by atoms with Gasteiger partial charge in [-0.3, -0.25) is 4.79 Å². The first kappa shape index (κ1) is 16.5. The van der Waals surface area contributed by atoms with Gasteiger partial charge in [-0.15, -0.1) is 0 Å².